The van der Waals surface area contributed by atoms with Crippen molar-refractivity contribution in [3.8, 4) is 23.7 Å². The third-order valence-electron chi connectivity index (χ3n) is 4.84. The highest BCUT2D eigenvalue weighted by Gasteiger charge is 2.29. The number of aliphatic hydroxyl groups excluding tert-OH is 1. The minimum atomic E-state index is -0.985. The van der Waals surface area contributed by atoms with Gasteiger partial charge >= 0.3 is 12.2 Å². The number of anilines is 2. The third-order valence-corrected chi connectivity index (χ3v) is 4.84. The molecule has 10 heteroatoms. The van der Waals surface area contributed by atoms with Crippen LogP contribution in [0.4, 0.5) is 21.0 Å². The van der Waals surface area contributed by atoms with E-state index in [1.165, 1.54) is 18.6 Å². The first-order valence-electron chi connectivity index (χ1n) is 11.5. The zero-order chi connectivity index (χ0) is 26.0. The van der Waals surface area contributed by atoms with Crippen molar-refractivity contribution in [2.24, 2.45) is 0 Å². The molecule has 2 N–H and O–H groups in total. The number of nitrogens with zero attached hydrogens (tertiary/aromatic N) is 4. The molecule has 2 amide bonds. The highest BCUT2D eigenvalue weighted by Crippen LogP contribution is 2.23. The molecule has 0 radical (unpaired) electrons. The van der Waals surface area contributed by atoms with E-state index < -0.39 is 17.8 Å². The lowest BCUT2D eigenvalue weighted by atomic mass is 10.2. The Morgan fingerprint density at radius 1 is 1.08 bits per heavy atom. The maximum absolute atomic E-state index is 13.0. The number of aromatic nitrogens is 2. The number of pyridine rings is 2. The summed E-state index contributed by atoms with van der Waals surface area (Å²) >= 11 is 0. The molecular formula is C26H29N5O5. The summed E-state index contributed by atoms with van der Waals surface area (Å²) in [4.78, 5) is 41.5. The number of ether oxygens (including phenoxy) is 1. The maximum Gasteiger partial charge on any atom is 0.448 e. The summed E-state index contributed by atoms with van der Waals surface area (Å²) in [5, 5.41) is 12.2. The number of carbonyl (C=O) groups excluding carboxylic acids is 2. The lowest BCUT2D eigenvalue weighted by Crippen LogP contribution is -2.40. The van der Waals surface area contributed by atoms with Gasteiger partial charge < -0.3 is 14.7 Å². The molecule has 3 rings (SSSR count). The Morgan fingerprint density at radius 3 is 2.44 bits per heavy atom. The second-order valence-electron chi connectivity index (χ2n) is 8.84. The summed E-state index contributed by atoms with van der Waals surface area (Å²) < 4.78 is 5.46. The van der Waals surface area contributed by atoms with Crippen LogP contribution in [0.3, 0.4) is 0 Å². The Hall–Kier alpha value is -4.12. The van der Waals surface area contributed by atoms with Crippen molar-refractivity contribution in [2.75, 3.05) is 36.6 Å². The van der Waals surface area contributed by atoms with Crippen molar-refractivity contribution in [3.63, 3.8) is 0 Å². The van der Waals surface area contributed by atoms with Crippen molar-refractivity contribution in [2.45, 2.75) is 39.2 Å². The van der Waals surface area contributed by atoms with Crippen molar-refractivity contribution in [1.82, 2.24) is 14.9 Å². The van der Waals surface area contributed by atoms with Gasteiger partial charge in [-0.25, -0.2) is 9.59 Å². The van der Waals surface area contributed by atoms with Crippen LogP contribution in [0.2, 0.25) is 0 Å². The molecule has 0 bridgehead atoms. The number of rotatable bonds is 3. The lowest BCUT2D eigenvalue weighted by molar-refractivity contribution is 0.0370. The molecule has 1 saturated heterocycles. The van der Waals surface area contributed by atoms with Crippen molar-refractivity contribution >= 4 is 23.6 Å². The first kappa shape index (κ1) is 26.5. The van der Waals surface area contributed by atoms with Crippen LogP contribution in [-0.4, -0.2) is 64.0 Å². The van der Waals surface area contributed by atoms with Crippen molar-refractivity contribution in [3.05, 3.63) is 48.0 Å². The van der Waals surface area contributed by atoms with E-state index in [1.54, 1.807) is 39.1 Å². The largest absolute Gasteiger partial charge is 0.448 e. The number of hydroxylamine groups is 1. The highest BCUT2D eigenvalue weighted by molar-refractivity contribution is 5.93. The fourth-order valence-corrected chi connectivity index (χ4v) is 3.28. The number of nitrogens with one attached hydrogen (secondary N) is 1. The van der Waals surface area contributed by atoms with Crippen LogP contribution in [0.15, 0.2) is 36.9 Å². The topological polar surface area (TPSA) is 117 Å². The minimum Gasteiger partial charge on any atom is -0.441 e. The number of aliphatic hydroxyl groups is 1. The molecule has 0 atom stereocenters. The van der Waals surface area contributed by atoms with Gasteiger partial charge in [-0.2, -0.15) is 0 Å². The second-order valence-corrected chi connectivity index (χ2v) is 8.84. The molecule has 36 heavy (non-hydrogen) atoms. The van der Waals surface area contributed by atoms with Gasteiger partial charge in [0.25, 0.3) is 0 Å². The molecule has 1 aliphatic heterocycles. The molecule has 2 aromatic rings. The Bertz CT molecular complexity index is 1200. The molecule has 188 valence electrons. The quantitative estimate of drug-likeness (QED) is 0.497. The monoisotopic (exact) mass is 491 g/mol. The molecule has 0 aliphatic carbocycles. The second kappa shape index (κ2) is 12.5. The van der Waals surface area contributed by atoms with E-state index >= 15 is 0 Å². The van der Waals surface area contributed by atoms with E-state index in [0.717, 1.165) is 31.0 Å². The fourth-order valence-electron chi connectivity index (χ4n) is 3.28. The smallest absolute Gasteiger partial charge is 0.441 e. The fraction of sp³-hybridized carbons (Fsp3) is 0.385. The molecule has 0 saturated carbocycles. The summed E-state index contributed by atoms with van der Waals surface area (Å²) in [7, 11) is 0. The number of carbonyl (C=O) groups is 2. The Kier molecular flexibility index (Phi) is 9.23. The number of likely N-dealkylation sites (tertiary alicyclic amines) is 1. The van der Waals surface area contributed by atoms with Crippen molar-refractivity contribution < 1.29 is 24.3 Å². The molecule has 1 fully saturated rings. The SMILES string of the molecule is CC(C)(C)OC(=O)N(OC(=O)Nc1cnccc1C#CCO)c1cnccc1C#CCN1CCCC1. The maximum atomic E-state index is 13.0. The Labute approximate surface area is 210 Å². The van der Waals surface area contributed by atoms with E-state index in [9.17, 15) is 9.59 Å². The van der Waals surface area contributed by atoms with Gasteiger partial charge in [0.15, 0.2) is 0 Å². The minimum absolute atomic E-state index is 0.155. The van der Waals surface area contributed by atoms with Gasteiger partial charge in [-0.3, -0.25) is 20.2 Å². The van der Waals surface area contributed by atoms with Gasteiger partial charge in [-0.1, -0.05) is 28.7 Å². The Balaban J connectivity index is 1.86. The standard InChI is InChI=1S/C26H29N5O5/c1-26(2,3)35-25(34)31(36-24(33)29-22-18-27-12-10-20(22)9-7-17-32)23-19-28-13-11-21(23)8-6-16-30-14-4-5-15-30/h10-13,18-19,32H,4-5,14-17H2,1-3H3,(H,29,33). The third kappa shape index (κ3) is 7.98. The predicted molar refractivity (Wildman–Crippen MR) is 134 cm³/mol. The molecule has 1 aliphatic rings. The molecule has 10 nitrogen and oxygen atoms in total. The van der Waals surface area contributed by atoms with Crippen LogP contribution in [0, 0.1) is 23.7 Å². The number of hydrogen-bond donors (Lipinski definition) is 2. The van der Waals surface area contributed by atoms with Crippen LogP contribution in [-0.2, 0) is 9.57 Å². The van der Waals surface area contributed by atoms with E-state index in [4.69, 9.17) is 14.7 Å². The first-order chi connectivity index (χ1) is 17.3. The van der Waals surface area contributed by atoms with Crippen LogP contribution in [0.1, 0.15) is 44.7 Å². The molecule has 0 spiro atoms. The Morgan fingerprint density at radius 2 is 1.75 bits per heavy atom. The number of hydrogen-bond acceptors (Lipinski definition) is 8. The van der Waals surface area contributed by atoms with E-state index in [2.05, 4.69) is 43.9 Å². The van der Waals surface area contributed by atoms with Gasteiger partial charge in [-0.05, 0) is 58.8 Å². The summed E-state index contributed by atoms with van der Waals surface area (Å²) in [5.41, 5.74) is 0.398. The summed E-state index contributed by atoms with van der Waals surface area (Å²) in [6, 6.07) is 3.20. The van der Waals surface area contributed by atoms with Gasteiger partial charge in [0.05, 0.1) is 35.8 Å². The molecule has 2 aromatic heterocycles. The van der Waals surface area contributed by atoms with E-state index in [0.29, 0.717) is 17.7 Å². The summed E-state index contributed by atoms with van der Waals surface area (Å²) in [6.45, 7) is 7.35. The van der Waals surface area contributed by atoms with Gasteiger partial charge in [0.2, 0.25) is 0 Å². The first-order valence-corrected chi connectivity index (χ1v) is 11.5. The zero-order valence-corrected chi connectivity index (χ0v) is 20.6. The van der Waals surface area contributed by atoms with Gasteiger partial charge in [-0.15, -0.1) is 0 Å². The molecular weight excluding hydrogens is 462 g/mol. The van der Waals surface area contributed by atoms with E-state index in [1.807, 2.05) is 0 Å². The van der Waals surface area contributed by atoms with E-state index in [-0.39, 0.29) is 18.0 Å². The van der Waals surface area contributed by atoms with Gasteiger partial charge in [0, 0.05) is 12.4 Å². The average molecular weight is 492 g/mol. The van der Waals surface area contributed by atoms with Crippen molar-refractivity contribution in [1.29, 1.82) is 0 Å². The highest BCUT2D eigenvalue weighted by atomic mass is 16.8. The molecule has 0 unspecified atom stereocenters. The predicted octanol–water partition coefficient (Wildman–Crippen LogP) is 3.17. The molecule has 0 aromatic carbocycles. The van der Waals surface area contributed by atoms with Crippen LogP contribution >= 0.6 is 0 Å². The average Bonchev–Trinajstić information content (AvgIpc) is 3.35. The van der Waals surface area contributed by atoms with Crippen LogP contribution in [0.5, 0.6) is 0 Å². The normalized spacial score (nSPS) is 13.0. The van der Waals surface area contributed by atoms with Gasteiger partial charge in [0.1, 0.15) is 17.9 Å². The van der Waals surface area contributed by atoms with Crippen LogP contribution < -0.4 is 10.4 Å². The van der Waals surface area contributed by atoms with Crippen LogP contribution in [0.25, 0.3) is 0 Å². The summed E-state index contributed by atoms with van der Waals surface area (Å²) in [5.74, 6) is 11.4. The summed E-state index contributed by atoms with van der Waals surface area (Å²) in [6.07, 6.45) is 6.19. The lowest BCUT2D eigenvalue weighted by Gasteiger charge is -2.26. The zero-order valence-electron chi connectivity index (χ0n) is 20.6. The molecule has 3 heterocycles. The number of amides is 2.